The summed E-state index contributed by atoms with van der Waals surface area (Å²) in [5.74, 6) is 0.155. The normalized spacial score (nSPS) is 18.1. The molecule has 1 aliphatic heterocycles. The second-order valence-corrected chi connectivity index (χ2v) is 6.56. The van der Waals surface area contributed by atoms with Crippen molar-refractivity contribution in [3.05, 3.63) is 28.8 Å². The summed E-state index contributed by atoms with van der Waals surface area (Å²) in [5.41, 5.74) is 4.54. The molecule has 0 aromatic heterocycles. The van der Waals surface area contributed by atoms with Gasteiger partial charge >= 0.3 is 0 Å². The second kappa shape index (κ2) is 7.08. The molecule has 1 atom stereocenters. The second-order valence-electron chi connectivity index (χ2n) is 6.56. The zero-order chi connectivity index (χ0) is 15.4. The van der Waals surface area contributed by atoms with E-state index in [1.807, 2.05) is 0 Å². The van der Waals surface area contributed by atoms with Crippen LogP contribution >= 0.6 is 0 Å². The Morgan fingerprint density at radius 3 is 2.10 bits per heavy atom. The summed E-state index contributed by atoms with van der Waals surface area (Å²) >= 11 is 0. The van der Waals surface area contributed by atoms with Crippen molar-refractivity contribution in [1.82, 2.24) is 0 Å². The van der Waals surface area contributed by atoms with Crippen LogP contribution in [0.15, 0.2) is 12.1 Å². The Morgan fingerprint density at radius 2 is 1.57 bits per heavy atom. The number of aryl methyl sites for hydroxylation is 3. The molecule has 1 aliphatic rings. The SMILES string of the molecule is Cc1cc(C)c(NC(=O)[C@@H](C)[NH+]2CCCCCC2)c(C)c1. The molecule has 0 spiro atoms. The van der Waals surface area contributed by atoms with Gasteiger partial charge in [-0.05, 0) is 64.5 Å². The summed E-state index contributed by atoms with van der Waals surface area (Å²) < 4.78 is 0. The first-order valence-electron chi connectivity index (χ1n) is 8.22. The van der Waals surface area contributed by atoms with Gasteiger partial charge in [-0.3, -0.25) is 4.79 Å². The predicted molar refractivity (Wildman–Crippen MR) is 87.9 cm³/mol. The lowest BCUT2D eigenvalue weighted by atomic mass is 10.0. The smallest absolute Gasteiger partial charge is 0.282 e. The lowest BCUT2D eigenvalue weighted by molar-refractivity contribution is -0.913. The Morgan fingerprint density at radius 1 is 1.05 bits per heavy atom. The summed E-state index contributed by atoms with van der Waals surface area (Å²) in [4.78, 5) is 14.0. The van der Waals surface area contributed by atoms with E-state index in [1.165, 1.54) is 36.1 Å². The maximum atomic E-state index is 12.6. The van der Waals surface area contributed by atoms with Gasteiger partial charge in [-0.1, -0.05) is 17.7 Å². The van der Waals surface area contributed by atoms with E-state index in [9.17, 15) is 4.79 Å². The van der Waals surface area contributed by atoms with Gasteiger partial charge in [-0.25, -0.2) is 0 Å². The van der Waals surface area contributed by atoms with Crippen LogP contribution in [0.3, 0.4) is 0 Å². The van der Waals surface area contributed by atoms with Gasteiger partial charge < -0.3 is 10.2 Å². The number of likely N-dealkylation sites (tertiary alicyclic amines) is 1. The van der Waals surface area contributed by atoms with Crippen LogP contribution in [-0.4, -0.2) is 25.0 Å². The maximum Gasteiger partial charge on any atom is 0.282 e. The number of carbonyl (C=O) groups excluding carboxylic acids is 1. The highest BCUT2D eigenvalue weighted by Crippen LogP contribution is 2.21. The van der Waals surface area contributed by atoms with E-state index in [1.54, 1.807) is 0 Å². The van der Waals surface area contributed by atoms with Gasteiger partial charge in [0, 0.05) is 5.69 Å². The molecule has 1 amide bonds. The minimum Gasteiger partial charge on any atom is -0.325 e. The maximum absolute atomic E-state index is 12.6. The largest absolute Gasteiger partial charge is 0.325 e. The molecule has 3 nitrogen and oxygen atoms in total. The van der Waals surface area contributed by atoms with Crippen LogP contribution in [0.2, 0.25) is 0 Å². The monoisotopic (exact) mass is 289 g/mol. The average molecular weight is 289 g/mol. The first kappa shape index (κ1) is 16.0. The highest BCUT2D eigenvalue weighted by atomic mass is 16.2. The third-order valence-corrected chi connectivity index (χ3v) is 4.68. The lowest BCUT2D eigenvalue weighted by Crippen LogP contribution is -3.16. The van der Waals surface area contributed by atoms with E-state index in [4.69, 9.17) is 0 Å². The molecule has 0 aliphatic carbocycles. The third-order valence-electron chi connectivity index (χ3n) is 4.68. The average Bonchev–Trinajstić information content (AvgIpc) is 2.70. The summed E-state index contributed by atoms with van der Waals surface area (Å²) in [6, 6.07) is 4.29. The van der Waals surface area contributed by atoms with Crippen molar-refractivity contribution in [3.63, 3.8) is 0 Å². The standard InChI is InChI=1S/C18H28N2O/c1-13-11-14(2)17(15(3)12-13)19-18(21)16(4)20-9-7-5-6-8-10-20/h11-12,16H,5-10H2,1-4H3,(H,19,21)/p+1/t16-/m1/s1. The minimum absolute atomic E-state index is 0.0307. The van der Waals surface area contributed by atoms with E-state index in [2.05, 4.69) is 45.1 Å². The molecular formula is C18H29N2O+. The van der Waals surface area contributed by atoms with Gasteiger partial charge in [-0.15, -0.1) is 0 Å². The zero-order valence-electron chi connectivity index (χ0n) is 13.9. The van der Waals surface area contributed by atoms with Gasteiger partial charge in [0.1, 0.15) is 0 Å². The van der Waals surface area contributed by atoms with E-state index < -0.39 is 0 Å². The molecular weight excluding hydrogens is 260 g/mol. The molecule has 0 unspecified atom stereocenters. The van der Waals surface area contributed by atoms with Crippen molar-refractivity contribution in [2.24, 2.45) is 0 Å². The molecule has 0 radical (unpaired) electrons. The predicted octanol–water partition coefficient (Wildman–Crippen LogP) is 2.40. The fourth-order valence-corrected chi connectivity index (χ4v) is 3.41. The van der Waals surface area contributed by atoms with Gasteiger partial charge in [0.05, 0.1) is 13.1 Å². The van der Waals surface area contributed by atoms with E-state index >= 15 is 0 Å². The highest BCUT2D eigenvalue weighted by molar-refractivity contribution is 5.95. The summed E-state index contributed by atoms with van der Waals surface area (Å²) in [7, 11) is 0. The summed E-state index contributed by atoms with van der Waals surface area (Å²) in [6.45, 7) is 10.5. The van der Waals surface area contributed by atoms with Gasteiger partial charge in [-0.2, -0.15) is 0 Å². The van der Waals surface area contributed by atoms with Crippen molar-refractivity contribution in [2.45, 2.75) is 59.4 Å². The molecule has 116 valence electrons. The van der Waals surface area contributed by atoms with Crippen LogP contribution in [0, 0.1) is 20.8 Å². The van der Waals surface area contributed by atoms with Crippen molar-refractivity contribution in [3.8, 4) is 0 Å². The van der Waals surface area contributed by atoms with Crippen LogP contribution in [0.25, 0.3) is 0 Å². The van der Waals surface area contributed by atoms with Crippen LogP contribution in [0.5, 0.6) is 0 Å². The molecule has 1 saturated heterocycles. The molecule has 1 fully saturated rings. The van der Waals surface area contributed by atoms with Crippen molar-refractivity contribution in [2.75, 3.05) is 18.4 Å². The molecule has 2 N–H and O–H groups in total. The number of anilines is 1. The Labute approximate surface area is 128 Å². The Kier molecular flexibility index (Phi) is 5.40. The van der Waals surface area contributed by atoms with Crippen molar-refractivity contribution < 1.29 is 9.69 Å². The quantitative estimate of drug-likeness (QED) is 0.880. The van der Waals surface area contributed by atoms with Crippen molar-refractivity contribution in [1.29, 1.82) is 0 Å². The zero-order valence-corrected chi connectivity index (χ0v) is 13.9. The van der Waals surface area contributed by atoms with E-state index in [-0.39, 0.29) is 11.9 Å². The van der Waals surface area contributed by atoms with Crippen LogP contribution in [-0.2, 0) is 4.79 Å². The molecule has 1 aromatic carbocycles. The number of amides is 1. The molecule has 0 bridgehead atoms. The molecule has 0 saturated carbocycles. The molecule has 1 aromatic rings. The van der Waals surface area contributed by atoms with Crippen molar-refractivity contribution >= 4 is 11.6 Å². The number of benzene rings is 1. The Bertz CT molecular complexity index is 479. The van der Waals surface area contributed by atoms with Crippen LogP contribution in [0.1, 0.15) is 49.3 Å². The van der Waals surface area contributed by atoms with Gasteiger partial charge in [0.15, 0.2) is 6.04 Å². The summed E-state index contributed by atoms with van der Waals surface area (Å²) in [5, 5.41) is 3.16. The third kappa shape index (κ3) is 4.07. The number of nitrogens with one attached hydrogen (secondary N) is 2. The fourth-order valence-electron chi connectivity index (χ4n) is 3.41. The lowest BCUT2D eigenvalue weighted by Gasteiger charge is -2.24. The van der Waals surface area contributed by atoms with Gasteiger partial charge in [0.2, 0.25) is 0 Å². The fraction of sp³-hybridized carbons (Fsp3) is 0.611. The van der Waals surface area contributed by atoms with Gasteiger partial charge in [0.25, 0.3) is 5.91 Å². The van der Waals surface area contributed by atoms with E-state index in [0.717, 1.165) is 29.9 Å². The number of quaternary nitrogens is 1. The molecule has 1 heterocycles. The minimum atomic E-state index is 0.0307. The number of hydrogen-bond donors (Lipinski definition) is 2. The first-order chi connectivity index (χ1) is 9.99. The number of hydrogen-bond acceptors (Lipinski definition) is 1. The highest BCUT2D eigenvalue weighted by Gasteiger charge is 2.26. The number of carbonyl (C=O) groups is 1. The van der Waals surface area contributed by atoms with E-state index in [0.29, 0.717) is 0 Å². The Balaban J connectivity index is 2.06. The summed E-state index contributed by atoms with van der Waals surface area (Å²) in [6.07, 6.45) is 5.12. The topological polar surface area (TPSA) is 33.5 Å². The molecule has 21 heavy (non-hydrogen) atoms. The molecule has 3 heteroatoms. The molecule has 2 rings (SSSR count). The first-order valence-corrected chi connectivity index (χ1v) is 8.22. The Hall–Kier alpha value is -1.35. The number of rotatable bonds is 3. The van der Waals surface area contributed by atoms with Crippen LogP contribution < -0.4 is 10.2 Å². The van der Waals surface area contributed by atoms with Crippen LogP contribution in [0.4, 0.5) is 5.69 Å².